The molecule has 1 unspecified atom stereocenters. The number of benzene rings is 1. The van der Waals surface area contributed by atoms with E-state index in [1.54, 1.807) is 13.0 Å². The van der Waals surface area contributed by atoms with E-state index in [0.717, 1.165) is 16.6 Å². The molecule has 0 heterocycles. The van der Waals surface area contributed by atoms with Gasteiger partial charge < -0.3 is 5.32 Å². The van der Waals surface area contributed by atoms with E-state index in [9.17, 15) is 8.42 Å². The van der Waals surface area contributed by atoms with Crippen LogP contribution in [0.1, 0.15) is 19.4 Å². The molecular weight excluding hydrogens is 316 g/mol. The Labute approximate surface area is 117 Å². The molecule has 6 heteroatoms. The summed E-state index contributed by atoms with van der Waals surface area (Å²) in [6, 6.07) is 5.39. The summed E-state index contributed by atoms with van der Waals surface area (Å²) < 4.78 is 27.6. The smallest absolute Gasteiger partial charge is 0.236 e. The third-order valence-corrected chi connectivity index (χ3v) is 5.27. The predicted molar refractivity (Wildman–Crippen MR) is 79.4 cm³/mol. The van der Waals surface area contributed by atoms with Crippen LogP contribution in [0.2, 0.25) is 0 Å². The molecule has 0 bridgehead atoms. The Morgan fingerprint density at radius 1 is 1.39 bits per heavy atom. The minimum atomic E-state index is -3.34. The molecule has 0 aliphatic rings. The van der Waals surface area contributed by atoms with Crippen LogP contribution in [0.4, 0.5) is 5.69 Å². The average Bonchev–Trinajstić information content (AvgIpc) is 2.30. The monoisotopic (exact) mass is 334 g/mol. The molecule has 0 saturated carbocycles. The summed E-state index contributed by atoms with van der Waals surface area (Å²) in [4.78, 5) is 0. The molecule has 4 nitrogen and oxygen atoms in total. The van der Waals surface area contributed by atoms with Crippen molar-refractivity contribution in [3.8, 4) is 0 Å². The molecule has 2 N–H and O–H groups in total. The summed E-state index contributed by atoms with van der Waals surface area (Å²) in [5.41, 5.74) is 1.59. The SMILES string of the molecule is CCNCC(C)S(=O)(=O)Nc1ccc(Br)c(C)c1. The molecule has 0 fully saturated rings. The van der Waals surface area contributed by atoms with Crippen LogP contribution >= 0.6 is 15.9 Å². The van der Waals surface area contributed by atoms with E-state index < -0.39 is 15.3 Å². The van der Waals surface area contributed by atoms with E-state index >= 15 is 0 Å². The highest BCUT2D eigenvalue weighted by Crippen LogP contribution is 2.21. The van der Waals surface area contributed by atoms with Crippen molar-refractivity contribution in [2.24, 2.45) is 0 Å². The number of halogens is 1. The predicted octanol–water partition coefficient (Wildman–Crippen LogP) is 2.50. The Morgan fingerprint density at radius 3 is 2.61 bits per heavy atom. The van der Waals surface area contributed by atoms with Crippen molar-refractivity contribution in [1.29, 1.82) is 0 Å². The van der Waals surface area contributed by atoms with Crippen LogP contribution in [0.25, 0.3) is 0 Å². The van der Waals surface area contributed by atoms with Crippen LogP contribution in [0.15, 0.2) is 22.7 Å². The van der Waals surface area contributed by atoms with Gasteiger partial charge in [-0.05, 0) is 44.2 Å². The fourth-order valence-corrected chi connectivity index (χ4v) is 2.67. The highest BCUT2D eigenvalue weighted by Gasteiger charge is 2.20. The lowest BCUT2D eigenvalue weighted by Gasteiger charge is -2.15. The number of aryl methyl sites for hydroxylation is 1. The van der Waals surface area contributed by atoms with Crippen molar-refractivity contribution in [1.82, 2.24) is 5.32 Å². The second-order valence-corrected chi connectivity index (χ2v) is 7.18. The topological polar surface area (TPSA) is 58.2 Å². The van der Waals surface area contributed by atoms with Crippen LogP contribution < -0.4 is 10.0 Å². The molecule has 1 aromatic carbocycles. The Hall–Kier alpha value is -0.590. The molecule has 0 spiro atoms. The number of anilines is 1. The summed E-state index contributed by atoms with van der Waals surface area (Å²) in [6.45, 7) is 6.77. The molecule has 1 atom stereocenters. The molecule has 0 aliphatic heterocycles. The molecule has 0 aliphatic carbocycles. The van der Waals surface area contributed by atoms with Gasteiger partial charge in [-0.2, -0.15) is 0 Å². The van der Waals surface area contributed by atoms with E-state index in [1.807, 2.05) is 26.0 Å². The first-order chi connectivity index (χ1) is 8.36. The number of nitrogens with one attached hydrogen (secondary N) is 2. The van der Waals surface area contributed by atoms with Gasteiger partial charge >= 0.3 is 0 Å². The molecule has 0 aromatic heterocycles. The van der Waals surface area contributed by atoms with E-state index in [1.165, 1.54) is 0 Å². The molecule has 0 saturated heterocycles. The number of rotatable bonds is 6. The lowest BCUT2D eigenvalue weighted by molar-refractivity contribution is 0.579. The molecule has 1 aromatic rings. The van der Waals surface area contributed by atoms with E-state index in [-0.39, 0.29) is 0 Å². The van der Waals surface area contributed by atoms with E-state index in [2.05, 4.69) is 26.0 Å². The average molecular weight is 335 g/mol. The zero-order chi connectivity index (χ0) is 13.8. The fraction of sp³-hybridized carbons (Fsp3) is 0.500. The van der Waals surface area contributed by atoms with E-state index in [0.29, 0.717) is 12.2 Å². The van der Waals surface area contributed by atoms with Crippen molar-refractivity contribution in [2.75, 3.05) is 17.8 Å². The maximum Gasteiger partial charge on any atom is 0.236 e. The number of hydrogen-bond acceptors (Lipinski definition) is 3. The van der Waals surface area contributed by atoms with Gasteiger partial charge in [-0.1, -0.05) is 22.9 Å². The Morgan fingerprint density at radius 2 is 2.06 bits per heavy atom. The van der Waals surface area contributed by atoms with Crippen LogP contribution in [-0.2, 0) is 10.0 Å². The van der Waals surface area contributed by atoms with Gasteiger partial charge in [-0.15, -0.1) is 0 Å². The van der Waals surface area contributed by atoms with Gasteiger partial charge in [0.15, 0.2) is 0 Å². The second-order valence-electron chi connectivity index (χ2n) is 4.23. The normalized spacial score (nSPS) is 13.3. The summed E-state index contributed by atoms with van der Waals surface area (Å²) in [5.74, 6) is 0. The highest BCUT2D eigenvalue weighted by atomic mass is 79.9. The minimum absolute atomic E-state index is 0.446. The third-order valence-electron chi connectivity index (χ3n) is 2.63. The maximum atomic E-state index is 12.0. The van der Waals surface area contributed by atoms with Gasteiger partial charge in [0.25, 0.3) is 0 Å². The van der Waals surface area contributed by atoms with Crippen molar-refractivity contribution in [3.05, 3.63) is 28.2 Å². The summed E-state index contributed by atoms with van der Waals surface area (Å²) in [5, 5.41) is 2.56. The summed E-state index contributed by atoms with van der Waals surface area (Å²) in [6.07, 6.45) is 0. The summed E-state index contributed by atoms with van der Waals surface area (Å²) >= 11 is 3.38. The van der Waals surface area contributed by atoms with Gasteiger partial charge in [-0.3, -0.25) is 4.72 Å². The lowest BCUT2D eigenvalue weighted by Crippen LogP contribution is -2.34. The number of hydrogen-bond donors (Lipinski definition) is 2. The third kappa shape index (κ3) is 4.26. The van der Waals surface area contributed by atoms with Crippen molar-refractivity contribution in [2.45, 2.75) is 26.0 Å². The Balaban J connectivity index is 2.78. The lowest BCUT2D eigenvalue weighted by atomic mass is 10.2. The molecule has 0 amide bonds. The van der Waals surface area contributed by atoms with Gasteiger partial charge in [0.1, 0.15) is 0 Å². The largest absolute Gasteiger partial charge is 0.316 e. The molecular formula is C12H19BrN2O2S. The van der Waals surface area contributed by atoms with Crippen LogP contribution in [-0.4, -0.2) is 26.8 Å². The first kappa shape index (κ1) is 15.5. The molecule has 0 radical (unpaired) electrons. The highest BCUT2D eigenvalue weighted by molar-refractivity contribution is 9.10. The van der Waals surface area contributed by atoms with E-state index in [4.69, 9.17) is 0 Å². The fourth-order valence-electron chi connectivity index (χ4n) is 1.43. The quantitative estimate of drug-likeness (QED) is 0.840. The second kappa shape index (κ2) is 6.54. The maximum absolute atomic E-state index is 12.0. The van der Waals surface area contributed by atoms with Gasteiger partial charge in [0.2, 0.25) is 10.0 Å². The van der Waals surface area contributed by atoms with Crippen molar-refractivity contribution in [3.63, 3.8) is 0 Å². The van der Waals surface area contributed by atoms with Crippen molar-refractivity contribution < 1.29 is 8.42 Å². The molecule has 102 valence electrons. The van der Waals surface area contributed by atoms with Crippen LogP contribution in [0.5, 0.6) is 0 Å². The molecule has 1 rings (SSSR count). The van der Waals surface area contributed by atoms with Gasteiger partial charge in [0, 0.05) is 16.7 Å². The molecule has 18 heavy (non-hydrogen) atoms. The van der Waals surface area contributed by atoms with Crippen molar-refractivity contribution >= 4 is 31.6 Å². The first-order valence-electron chi connectivity index (χ1n) is 5.85. The summed E-state index contributed by atoms with van der Waals surface area (Å²) in [7, 11) is -3.34. The van der Waals surface area contributed by atoms with Crippen LogP contribution in [0.3, 0.4) is 0 Å². The zero-order valence-electron chi connectivity index (χ0n) is 10.8. The standard InChI is InChI=1S/C12H19BrN2O2S/c1-4-14-8-10(3)18(16,17)15-11-5-6-12(13)9(2)7-11/h5-7,10,14-15H,4,8H2,1-3H3. The van der Waals surface area contributed by atoms with Gasteiger partial charge in [0.05, 0.1) is 5.25 Å². The Kier molecular flexibility index (Phi) is 5.62. The number of sulfonamides is 1. The Bertz CT molecular complexity index is 503. The zero-order valence-corrected chi connectivity index (χ0v) is 13.2. The first-order valence-corrected chi connectivity index (χ1v) is 8.19. The van der Waals surface area contributed by atoms with Crippen LogP contribution in [0, 0.1) is 6.92 Å². The minimum Gasteiger partial charge on any atom is -0.316 e. The van der Waals surface area contributed by atoms with Gasteiger partial charge in [-0.25, -0.2) is 8.42 Å².